The minimum Gasteiger partial charge on any atom is -0.401 e. The first kappa shape index (κ1) is 21.2. The van der Waals surface area contributed by atoms with Crippen LogP contribution in [0.15, 0.2) is 36.0 Å². The lowest BCUT2D eigenvalue weighted by atomic mass is 10.1. The Morgan fingerprint density at radius 3 is 2.67 bits per heavy atom. The molecule has 0 aliphatic heterocycles. The molecule has 7 N–H and O–H groups in total. The Hall–Kier alpha value is -2.13. The standard InChI is InChI=1S/C18H23ClFN5OS/c1-10(22)16(25(2)23)14-8-15(27-17(14)19)18(26)24-13(9-21)7-11-4-3-5-12(20)6-11/h3-6,8,13H,7,9,21-23H2,1-2H3,(H,24,26)/b16-10-. The number of amides is 1. The lowest BCUT2D eigenvalue weighted by Gasteiger charge is -2.18. The maximum absolute atomic E-state index is 13.3. The van der Waals surface area contributed by atoms with E-state index in [-0.39, 0.29) is 24.3 Å². The molecule has 6 nitrogen and oxygen atoms in total. The quantitative estimate of drug-likeness (QED) is 0.412. The number of halogens is 2. The van der Waals surface area contributed by atoms with E-state index in [2.05, 4.69) is 5.32 Å². The summed E-state index contributed by atoms with van der Waals surface area (Å²) in [6, 6.07) is 7.51. The molecule has 146 valence electrons. The second kappa shape index (κ2) is 9.18. The Morgan fingerprint density at radius 1 is 1.41 bits per heavy atom. The highest BCUT2D eigenvalue weighted by molar-refractivity contribution is 7.18. The van der Waals surface area contributed by atoms with E-state index in [0.29, 0.717) is 32.6 Å². The van der Waals surface area contributed by atoms with E-state index in [1.54, 1.807) is 32.2 Å². The Kier molecular flexibility index (Phi) is 7.20. The average molecular weight is 412 g/mol. The summed E-state index contributed by atoms with van der Waals surface area (Å²) in [5.41, 5.74) is 14.0. The van der Waals surface area contributed by atoms with Crippen molar-refractivity contribution in [2.45, 2.75) is 19.4 Å². The largest absolute Gasteiger partial charge is 0.401 e. The van der Waals surface area contributed by atoms with Crippen LogP contribution in [-0.4, -0.2) is 30.6 Å². The van der Waals surface area contributed by atoms with Gasteiger partial charge in [0.25, 0.3) is 5.91 Å². The predicted octanol–water partition coefficient (Wildman–Crippen LogP) is 2.29. The predicted molar refractivity (Wildman–Crippen MR) is 108 cm³/mol. The van der Waals surface area contributed by atoms with Crippen molar-refractivity contribution in [2.24, 2.45) is 17.3 Å². The molecule has 0 aliphatic rings. The molecule has 2 rings (SSSR count). The molecular formula is C18H23ClFN5OS. The Labute approximate surface area is 166 Å². The molecule has 9 heteroatoms. The van der Waals surface area contributed by atoms with Crippen molar-refractivity contribution in [3.8, 4) is 0 Å². The van der Waals surface area contributed by atoms with Crippen molar-refractivity contribution < 1.29 is 9.18 Å². The summed E-state index contributed by atoms with van der Waals surface area (Å²) in [7, 11) is 1.64. The molecule has 1 aromatic carbocycles. The van der Waals surface area contributed by atoms with Crippen molar-refractivity contribution >= 4 is 34.5 Å². The van der Waals surface area contributed by atoms with Gasteiger partial charge < -0.3 is 21.8 Å². The molecule has 1 aromatic heterocycles. The number of nitrogens with one attached hydrogen (secondary N) is 1. The smallest absolute Gasteiger partial charge is 0.261 e. The number of carbonyl (C=O) groups is 1. The van der Waals surface area contributed by atoms with Crippen molar-refractivity contribution in [1.29, 1.82) is 0 Å². The Balaban J connectivity index is 2.17. The van der Waals surface area contributed by atoms with Gasteiger partial charge >= 0.3 is 0 Å². The van der Waals surface area contributed by atoms with Gasteiger partial charge in [-0.25, -0.2) is 10.2 Å². The fourth-order valence-electron chi connectivity index (χ4n) is 2.72. The molecule has 1 atom stereocenters. The van der Waals surface area contributed by atoms with Crippen LogP contribution in [0.2, 0.25) is 4.34 Å². The van der Waals surface area contributed by atoms with Crippen LogP contribution in [0, 0.1) is 5.82 Å². The molecule has 0 radical (unpaired) electrons. The zero-order chi connectivity index (χ0) is 20.1. The third-order valence-electron chi connectivity index (χ3n) is 3.88. The van der Waals surface area contributed by atoms with Crippen molar-refractivity contribution in [3.05, 3.63) is 62.2 Å². The highest BCUT2D eigenvalue weighted by Gasteiger charge is 2.20. The van der Waals surface area contributed by atoms with Crippen molar-refractivity contribution in [3.63, 3.8) is 0 Å². The number of thiophene rings is 1. The fraction of sp³-hybridized carbons (Fsp3) is 0.278. The van der Waals surface area contributed by atoms with Gasteiger partial charge in [0.05, 0.1) is 10.6 Å². The van der Waals surface area contributed by atoms with Crippen LogP contribution in [0.1, 0.15) is 27.7 Å². The van der Waals surface area contributed by atoms with E-state index < -0.39 is 0 Å². The fourth-order valence-corrected chi connectivity index (χ4v) is 3.90. The first-order chi connectivity index (χ1) is 12.7. The summed E-state index contributed by atoms with van der Waals surface area (Å²) in [5.74, 6) is 5.18. The van der Waals surface area contributed by atoms with Crippen LogP contribution in [0.3, 0.4) is 0 Å². The van der Waals surface area contributed by atoms with Gasteiger partial charge in [-0.3, -0.25) is 4.79 Å². The summed E-state index contributed by atoms with van der Waals surface area (Å²) in [4.78, 5) is 13.0. The summed E-state index contributed by atoms with van der Waals surface area (Å²) < 4.78 is 13.8. The lowest BCUT2D eigenvalue weighted by Crippen LogP contribution is -2.41. The summed E-state index contributed by atoms with van der Waals surface area (Å²) in [5, 5.41) is 4.22. The molecular weight excluding hydrogens is 389 g/mol. The monoisotopic (exact) mass is 411 g/mol. The maximum atomic E-state index is 13.3. The maximum Gasteiger partial charge on any atom is 0.261 e. The van der Waals surface area contributed by atoms with Crippen molar-refractivity contribution in [2.75, 3.05) is 13.6 Å². The molecule has 1 heterocycles. The summed E-state index contributed by atoms with van der Waals surface area (Å²) >= 11 is 7.42. The van der Waals surface area contributed by atoms with Crippen LogP contribution in [0.5, 0.6) is 0 Å². The van der Waals surface area contributed by atoms with Crippen LogP contribution in [0.25, 0.3) is 5.70 Å². The molecule has 0 bridgehead atoms. The first-order valence-corrected chi connectivity index (χ1v) is 9.42. The number of hydrogen-bond acceptors (Lipinski definition) is 6. The minimum absolute atomic E-state index is 0.215. The lowest BCUT2D eigenvalue weighted by molar-refractivity contribution is 0.0942. The van der Waals surface area contributed by atoms with E-state index in [1.807, 2.05) is 0 Å². The number of nitrogens with zero attached hydrogens (tertiary/aromatic N) is 1. The van der Waals surface area contributed by atoms with E-state index in [0.717, 1.165) is 16.9 Å². The molecule has 0 saturated carbocycles. The number of hydrogen-bond donors (Lipinski definition) is 4. The molecule has 27 heavy (non-hydrogen) atoms. The van der Waals surface area contributed by atoms with Gasteiger partial charge in [-0.05, 0) is 37.1 Å². The van der Waals surface area contributed by atoms with Gasteiger partial charge in [0.2, 0.25) is 0 Å². The Morgan fingerprint density at radius 2 is 2.11 bits per heavy atom. The SMILES string of the molecule is C/C(N)=C(\c1cc(C(=O)NC(CN)Cc2cccc(F)c2)sc1Cl)N(C)N. The number of nitrogens with two attached hydrogens (primary N) is 3. The van der Waals surface area contributed by atoms with Crippen LogP contribution >= 0.6 is 22.9 Å². The van der Waals surface area contributed by atoms with Crippen LogP contribution < -0.4 is 22.6 Å². The van der Waals surface area contributed by atoms with E-state index in [1.165, 1.54) is 17.1 Å². The van der Waals surface area contributed by atoms with Gasteiger partial charge in [0.15, 0.2) is 0 Å². The number of benzene rings is 1. The number of carbonyl (C=O) groups excluding carboxylic acids is 1. The molecule has 2 aromatic rings. The molecule has 1 amide bonds. The average Bonchev–Trinajstić information content (AvgIpc) is 2.95. The number of rotatable bonds is 7. The van der Waals surface area contributed by atoms with Crippen LogP contribution in [-0.2, 0) is 6.42 Å². The third kappa shape index (κ3) is 5.43. The zero-order valence-corrected chi connectivity index (χ0v) is 16.7. The minimum atomic E-state index is -0.341. The summed E-state index contributed by atoms with van der Waals surface area (Å²) in [6.45, 7) is 1.92. The van der Waals surface area contributed by atoms with Gasteiger partial charge in [-0.15, -0.1) is 11.3 Å². The van der Waals surface area contributed by atoms with Gasteiger partial charge in [-0.1, -0.05) is 23.7 Å². The van der Waals surface area contributed by atoms with Gasteiger partial charge in [0.1, 0.15) is 10.2 Å². The van der Waals surface area contributed by atoms with Crippen molar-refractivity contribution in [1.82, 2.24) is 10.3 Å². The second-order valence-corrected chi connectivity index (χ2v) is 7.83. The Bertz CT molecular complexity index is 848. The van der Waals surface area contributed by atoms with Gasteiger partial charge in [0, 0.05) is 30.9 Å². The van der Waals surface area contributed by atoms with Gasteiger partial charge in [-0.2, -0.15) is 0 Å². The van der Waals surface area contributed by atoms with Crippen LogP contribution in [0.4, 0.5) is 4.39 Å². The third-order valence-corrected chi connectivity index (χ3v) is 5.24. The second-order valence-electron chi connectivity index (χ2n) is 6.18. The number of hydrazine groups is 1. The first-order valence-electron chi connectivity index (χ1n) is 8.22. The van der Waals surface area contributed by atoms with E-state index in [4.69, 9.17) is 28.9 Å². The molecule has 0 fully saturated rings. The van der Waals surface area contributed by atoms with E-state index in [9.17, 15) is 9.18 Å². The van der Waals surface area contributed by atoms with E-state index >= 15 is 0 Å². The molecule has 1 unspecified atom stereocenters. The highest BCUT2D eigenvalue weighted by Crippen LogP contribution is 2.34. The topological polar surface area (TPSA) is 110 Å². The zero-order valence-electron chi connectivity index (χ0n) is 15.1. The summed E-state index contributed by atoms with van der Waals surface area (Å²) in [6.07, 6.45) is 0.421. The molecule has 0 spiro atoms. The molecule has 0 saturated heterocycles. The normalized spacial score (nSPS) is 13.1. The highest BCUT2D eigenvalue weighted by atomic mass is 35.5. The molecule has 0 aliphatic carbocycles. The number of allylic oxidation sites excluding steroid dienone is 1.